The molecule has 1 saturated heterocycles. The van der Waals surface area contributed by atoms with Gasteiger partial charge in [0.25, 0.3) is 5.56 Å². The molecule has 0 spiro atoms. The average Bonchev–Trinajstić information content (AvgIpc) is 2.87. The quantitative estimate of drug-likeness (QED) is 0.823. The van der Waals surface area contributed by atoms with Gasteiger partial charge in [-0.15, -0.1) is 0 Å². The Hall–Kier alpha value is -1.20. The third-order valence-electron chi connectivity index (χ3n) is 3.79. The molecule has 1 aromatic heterocycles. The van der Waals surface area contributed by atoms with Crippen LogP contribution in [0.4, 0.5) is 0 Å². The first-order valence-corrected chi connectivity index (χ1v) is 6.67. The van der Waals surface area contributed by atoms with Crippen molar-refractivity contribution >= 4 is 0 Å². The first-order chi connectivity index (χ1) is 8.75. The van der Waals surface area contributed by atoms with Crippen molar-refractivity contribution in [1.29, 1.82) is 0 Å². The summed E-state index contributed by atoms with van der Waals surface area (Å²) in [5, 5.41) is 3.24. The van der Waals surface area contributed by atoms with E-state index in [2.05, 4.69) is 10.3 Å². The van der Waals surface area contributed by atoms with Crippen molar-refractivity contribution in [1.82, 2.24) is 14.9 Å². The Labute approximate surface area is 106 Å². The highest BCUT2D eigenvalue weighted by Crippen LogP contribution is 2.15. The largest absolute Gasteiger partial charge is 0.376 e. The van der Waals surface area contributed by atoms with Gasteiger partial charge in [0, 0.05) is 26.1 Å². The molecule has 5 heteroatoms. The molecule has 1 aromatic rings. The smallest absolute Gasteiger partial charge is 0.258 e. The van der Waals surface area contributed by atoms with Crippen molar-refractivity contribution in [2.45, 2.75) is 45.4 Å². The van der Waals surface area contributed by atoms with E-state index in [4.69, 9.17) is 4.74 Å². The standard InChI is InChI=1S/C13H19N3O2/c1-9-15-12-4-5-14-7-11(12)13(17)16(9)8-10-3-2-6-18-10/h10,14H,2-8H2,1H3. The highest BCUT2D eigenvalue weighted by molar-refractivity contribution is 5.21. The molecule has 5 nitrogen and oxygen atoms in total. The van der Waals surface area contributed by atoms with Gasteiger partial charge in [-0.25, -0.2) is 4.98 Å². The summed E-state index contributed by atoms with van der Waals surface area (Å²) < 4.78 is 7.39. The van der Waals surface area contributed by atoms with Crippen molar-refractivity contribution in [3.63, 3.8) is 0 Å². The van der Waals surface area contributed by atoms with Gasteiger partial charge in [-0.05, 0) is 19.8 Å². The lowest BCUT2D eigenvalue weighted by molar-refractivity contribution is 0.0951. The molecule has 1 unspecified atom stereocenters. The van der Waals surface area contributed by atoms with E-state index in [1.54, 1.807) is 4.57 Å². The third-order valence-corrected chi connectivity index (χ3v) is 3.79. The number of nitrogens with one attached hydrogen (secondary N) is 1. The van der Waals surface area contributed by atoms with Crippen LogP contribution in [0.15, 0.2) is 4.79 Å². The molecule has 2 aliphatic rings. The fourth-order valence-corrected chi connectivity index (χ4v) is 2.77. The number of hydrogen-bond donors (Lipinski definition) is 1. The lowest BCUT2D eigenvalue weighted by Crippen LogP contribution is -2.37. The molecule has 3 heterocycles. The maximum atomic E-state index is 12.4. The zero-order chi connectivity index (χ0) is 12.5. The van der Waals surface area contributed by atoms with E-state index in [1.807, 2.05) is 6.92 Å². The Morgan fingerprint density at radius 2 is 2.44 bits per heavy atom. The maximum Gasteiger partial charge on any atom is 0.258 e. The monoisotopic (exact) mass is 249 g/mol. The van der Waals surface area contributed by atoms with Gasteiger partial charge >= 0.3 is 0 Å². The number of ether oxygens (including phenoxy) is 1. The molecule has 0 bridgehead atoms. The summed E-state index contributed by atoms with van der Waals surface area (Å²) in [5.74, 6) is 0.816. The lowest BCUT2D eigenvalue weighted by atomic mass is 10.1. The van der Waals surface area contributed by atoms with Crippen LogP contribution in [0.25, 0.3) is 0 Å². The molecule has 2 aliphatic heterocycles. The van der Waals surface area contributed by atoms with Gasteiger partial charge < -0.3 is 10.1 Å². The van der Waals surface area contributed by atoms with Crippen LogP contribution in [0.5, 0.6) is 0 Å². The van der Waals surface area contributed by atoms with Gasteiger partial charge in [-0.2, -0.15) is 0 Å². The van der Waals surface area contributed by atoms with E-state index in [9.17, 15) is 4.79 Å². The van der Waals surface area contributed by atoms with Gasteiger partial charge in [-0.3, -0.25) is 9.36 Å². The summed E-state index contributed by atoms with van der Waals surface area (Å²) in [6.07, 6.45) is 3.17. The minimum atomic E-state index is 0.111. The van der Waals surface area contributed by atoms with Crippen LogP contribution in [0.3, 0.4) is 0 Å². The van der Waals surface area contributed by atoms with Crippen LogP contribution < -0.4 is 10.9 Å². The van der Waals surface area contributed by atoms with Crippen LogP contribution in [0, 0.1) is 6.92 Å². The number of fused-ring (bicyclic) bond motifs is 1. The van der Waals surface area contributed by atoms with Crippen molar-refractivity contribution in [3.05, 3.63) is 27.4 Å². The summed E-state index contributed by atoms with van der Waals surface area (Å²) in [5.41, 5.74) is 1.92. The summed E-state index contributed by atoms with van der Waals surface area (Å²) in [6.45, 7) is 4.93. The highest BCUT2D eigenvalue weighted by atomic mass is 16.5. The molecule has 0 saturated carbocycles. The van der Waals surface area contributed by atoms with Crippen LogP contribution in [0.1, 0.15) is 29.9 Å². The Balaban J connectivity index is 1.95. The number of rotatable bonds is 2. The van der Waals surface area contributed by atoms with E-state index >= 15 is 0 Å². The minimum Gasteiger partial charge on any atom is -0.376 e. The van der Waals surface area contributed by atoms with E-state index < -0.39 is 0 Å². The van der Waals surface area contributed by atoms with Crippen molar-refractivity contribution in [3.8, 4) is 0 Å². The van der Waals surface area contributed by atoms with Crippen LogP contribution >= 0.6 is 0 Å². The second-order valence-electron chi connectivity index (χ2n) is 5.06. The normalized spacial score (nSPS) is 23.1. The number of aromatic nitrogens is 2. The van der Waals surface area contributed by atoms with Crippen LogP contribution in [-0.2, 0) is 24.2 Å². The van der Waals surface area contributed by atoms with Crippen molar-refractivity contribution in [2.75, 3.05) is 13.2 Å². The van der Waals surface area contributed by atoms with E-state index in [1.165, 1.54) is 0 Å². The van der Waals surface area contributed by atoms with E-state index in [0.717, 1.165) is 49.5 Å². The van der Waals surface area contributed by atoms with Gasteiger partial charge in [-0.1, -0.05) is 0 Å². The topological polar surface area (TPSA) is 56.2 Å². The van der Waals surface area contributed by atoms with E-state index in [0.29, 0.717) is 13.1 Å². The Bertz CT molecular complexity index is 504. The second-order valence-corrected chi connectivity index (χ2v) is 5.06. The molecule has 98 valence electrons. The Morgan fingerprint density at radius 3 is 3.22 bits per heavy atom. The van der Waals surface area contributed by atoms with Crippen molar-refractivity contribution < 1.29 is 4.74 Å². The van der Waals surface area contributed by atoms with Crippen LogP contribution in [0.2, 0.25) is 0 Å². The lowest BCUT2D eigenvalue weighted by Gasteiger charge is -2.20. The molecule has 0 aliphatic carbocycles. The summed E-state index contributed by atoms with van der Waals surface area (Å²) in [6, 6.07) is 0. The first kappa shape index (κ1) is 11.9. The van der Waals surface area contributed by atoms with Gasteiger partial charge in [0.15, 0.2) is 0 Å². The second kappa shape index (κ2) is 4.82. The summed E-state index contributed by atoms with van der Waals surface area (Å²) in [7, 11) is 0. The Kier molecular flexibility index (Phi) is 3.18. The van der Waals surface area contributed by atoms with Crippen molar-refractivity contribution in [2.24, 2.45) is 0 Å². The molecule has 1 fully saturated rings. The fourth-order valence-electron chi connectivity index (χ4n) is 2.77. The van der Waals surface area contributed by atoms with Gasteiger partial charge in [0.1, 0.15) is 5.82 Å². The molecule has 0 amide bonds. The SMILES string of the molecule is Cc1nc2c(c(=O)n1CC1CCCO1)CNCC2. The molecule has 0 aromatic carbocycles. The van der Waals surface area contributed by atoms with Crippen LogP contribution in [-0.4, -0.2) is 28.8 Å². The summed E-state index contributed by atoms with van der Waals surface area (Å²) >= 11 is 0. The van der Waals surface area contributed by atoms with E-state index in [-0.39, 0.29) is 11.7 Å². The molecular weight excluding hydrogens is 230 g/mol. The predicted octanol–water partition coefficient (Wildman–Crippen LogP) is 0.376. The first-order valence-electron chi connectivity index (χ1n) is 6.67. The zero-order valence-corrected chi connectivity index (χ0v) is 10.7. The molecule has 3 rings (SSSR count). The minimum absolute atomic E-state index is 0.111. The highest BCUT2D eigenvalue weighted by Gasteiger charge is 2.21. The maximum absolute atomic E-state index is 12.4. The fraction of sp³-hybridized carbons (Fsp3) is 0.692. The molecule has 1 N–H and O–H groups in total. The number of nitrogens with zero attached hydrogens (tertiary/aromatic N) is 2. The average molecular weight is 249 g/mol. The molecule has 0 radical (unpaired) electrons. The molecule has 1 atom stereocenters. The van der Waals surface area contributed by atoms with Gasteiger partial charge in [0.05, 0.1) is 23.9 Å². The zero-order valence-electron chi connectivity index (χ0n) is 10.7. The third kappa shape index (κ3) is 2.08. The molecule has 18 heavy (non-hydrogen) atoms. The number of hydrogen-bond acceptors (Lipinski definition) is 4. The number of aryl methyl sites for hydroxylation is 1. The van der Waals surface area contributed by atoms with Gasteiger partial charge in [0.2, 0.25) is 0 Å². The Morgan fingerprint density at radius 1 is 1.56 bits per heavy atom. The molecular formula is C13H19N3O2. The summed E-state index contributed by atoms with van der Waals surface area (Å²) in [4.78, 5) is 17.0. The predicted molar refractivity (Wildman–Crippen MR) is 67.6 cm³/mol.